The van der Waals surface area contributed by atoms with Crippen LogP contribution < -0.4 is 11.1 Å². The predicted molar refractivity (Wildman–Crippen MR) is 87.2 cm³/mol. The number of rotatable bonds is 4. The molecule has 0 aliphatic heterocycles. The Kier molecular flexibility index (Phi) is 3.91. The first-order chi connectivity index (χ1) is 11.5. The maximum Gasteiger partial charge on any atom is 0.420 e. The van der Waals surface area contributed by atoms with Gasteiger partial charge in [0.1, 0.15) is 6.04 Å². The molecule has 0 aliphatic carbocycles. The van der Waals surface area contributed by atoms with E-state index in [1.54, 1.807) is 37.3 Å². The number of para-hydroxylation sites is 2. The minimum absolute atomic E-state index is 0.0615. The molecule has 1 atom stereocenters. The molecule has 24 heavy (non-hydrogen) atoms. The fraction of sp³-hybridized carbons (Fsp3) is 0.118. The minimum atomic E-state index is -1.09. The molecule has 0 spiro atoms. The maximum absolute atomic E-state index is 12.4. The van der Waals surface area contributed by atoms with E-state index in [0.29, 0.717) is 16.8 Å². The Balaban J connectivity index is 1.89. The van der Waals surface area contributed by atoms with Gasteiger partial charge in [0.2, 0.25) is 5.91 Å². The highest BCUT2D eigenvalue weighted by Gasteiger charge is 2.21. The molecule has 0 saturated carbocycles. The normalized spacial score (nSPS) is 12.0. The molecule has 0 fully saturated rings. The van der Waals surface area contributed by atoms with Crippen molar-refractivity contribution in [2.75, 3.05) is 5.32 Å². The van der Waals surface area contributed by atoms with Gasteiger partial charge in [-0.05, 0) is 37.3 Å². The Bertz CT molecular complexity index is 986. The Morgan fingerprint density at radius 3 is 2.67 bits per heavy atom. The van der Waals surface area contributed by atoms with Crippen molar-refractivity contribution in [1.29, 1.82) is 0 Å². The van der Waals surface area contributed by atoms with Crippen LogP contribution in [0.15, 0.2) is 57.7 Å². The third-order valence-electron chi connectivity index (χ3n) is 3.66. The zero-order valence-corrected chi connectivity index (χ0v) is 12.7. The van der Waals surface area contributed by atoms with Gasteiger partial charge in [0.05, 0.1) is 11.1 Å². The van der Waals surface area contributed by atoms with E-state index in [2.05, 4.69) is 5.32 Å². The number of benzene rings is 2. The van der Waals surface area contributed by atoms with E-state index < -0.39 is 23.7 Å². The SMILES string of the molecule is CC(C(=O)Nc1cccc(C(=O)O)c1)n1c(=O)oc2ccccc21. The standard InChI is InChI=1S/C17H14N2O5/c1-10(19-13-7-2-3-8-14(13)24-17(19)23)15(20)18-12-6-4-5-11(9-12)16(21)22/h2-10H,1H3,(H,18,20)(H,21,22). The molecule has 2 N–H and O–H groups in total. The number of carboxylic acids is 1. The molecule has 1 amide bonds. The summed E-state index contributed by atoms with van der Waals surface area (Å²) in [5.41, 5.74) is 1.32. The quantitative estimate of drug-likeness (QED) is 0.767. The van der Waals surface area contributed by atoms with E-state index in [9.17, 15) is 14.4 Å². The van der Waals surface area contributed by atoms with Gasteiger partial charge < -0.3 is 14.8 Å². The third kappa shape index (κ3) is 2.79. The summed E-state index contributed by atoms with van der Waals surface area (Å²) in [6.45, 7) is 1.57. The van der Waals surface area contributed by atoms with E-state index in [4.69, 9.17) is 9.52 Å². The number of hydrogen-bond acceptors (Lipinski definition) is 4. The topological polar surface area (TPSA) is 102 Å². The van der Waals surface area contributed by atoms with Gasteiger partial charge in [0.15, 0.2) is 5.58 Å². The first kappa shape index (κ1) is 15.5. The number of oxazole rings is 1. The van der Waals surface area contributed by atoms with Crippen LogP contribution in [-0.2, 0) is 4.79 Å². The van der Waals surface area contributed by atoms with Gasteiger partial charge in [-0.2, -0.15) is 0 Å². The van der Waals surface area contributed by atoms with Crippen LogP contribution in [0.2, 0.25) is 0 Å². The van der Waals surface area contributed by atoms with E-state index in [1.807, 2.05) is 0 Å². The van der Waals surface area contributed by atoms with Crippen LogP contribution in [0.4, 0.5) is 5.69 Å². The molecule has 1 heterocycles. The molecule has 0 bridgehead atoms. The number of hydrogen-bond donors (Lipinski definition) is 2. The molecule has 3 rings (SSSR count). The number of carboxylic acid groups (broad SMARTS) is 1. The molecule has 1 aromatic heterocycles. The van der Waals surface area contributed by atoms with Crippen LogP contribution in [0.5, 0.6) is 0 Å². The lowest BCUT2D eigenvalue weighted by atomic mass is 10.2. The number of anilines is 1. The van der Waals surface area contributed by atoms with E-state index >= 15 is 0 Å². The molecular weight excluding hydrogens is 312 g/mol. The zero-order valence-electron chi connectivity index (χ0n) is 12.7. The van der Waals surface area contributed by atoms with Crippen molar-refractivity contribution in [2.45, 2.75) is 13.0 Å². The van der Waals surface area contributed by atoms with Crippen molar-refractivity contribution in [2.24, 2.45) is 0 Å². The molecule has 3 aromatic rings. The van der Waals surface area contributed by atoms with Gasteiger partial charge in [0.25, 0.3) is 0 Å². The van der Waals surface area contributed by atoms with Gasteiger partial charge in [0, 0.05) is 5.69 Å². The number of carbonyl (C=O) groups is 2. The minimum Gasteiger partial charge on any atom is -0.478 e. The molecule has 1 unspecified atom stereocenters. The van der Waals surface area contributed by atoms with Crippen molar-refractivity contribution in [3.63, 3.8) is 0 Å². The highest BCUT2D eigenvalue weighted by molar-refractivity contribution is 5.96. The largest absolute Gasteiger partial charge is 0.478 e. The molecule has 0 aliphatic rings. The average Bonchev–Trinajstić information content (AvgIpc) is 2.90. The van der Waals surface area contributed by atoms with Crippen molar-refractivity contribution in [3.8, 4) is 0 Å². The summed E-state index contributed by atoms with van der Waals surface area (Å²) in [6, 6.07) is 11.9. The lowest BCUT2D eigenvalue weighted by molar-refractivity contribution is -0.118. The Morgan fingerprint density at radius 2 is 1.92 bits per heavy atom. The molecule has 122 valence electrons. The van der Waals surface area contributed by atoms with Gasteiger partial charge in [-0.15, -0.1) is 0 Å². The number of carbonyl (C=O) groups excluding carboxylic acids is 1. The van der Waals surface area contributed by atoms with Crippen molar-refractivity contribution in [3.05, 3.63) is 64.6 Å². The van der Waals surface area contributed by atoms with Crippen LogP contribution in [0, 0.1) is 0 Å². The highest BCUT2D eigenvalue weighted by atomic mass is 16.4. The fourth-order valence-electron chi connectivity index (χ4n) is 2.44. The molecule has 7 heteroatoms. The second kappa shape index (κ2) is 6.04. The van der Waals surface area contributed by atoms with Gasteiger partial charge in [-0.25, -0.2) is 9.59 Å². The summed E-state index contributed by atoms with van der Waals surface area (Å²) in [5.74, 6) is -2.17. The number of aromatic carboxylic acids is 1. The van der Waals surface area contributed by atoms with Crippen LogP contribution in [0.1, 0.15) is 23.3 Å². The second-order valence-corrected chi connectivity index (χ2v) is 5.26. The monoisotopic (exact) mass is 326 g/mol. The van der Waals surface area contributed by atoms with Gasteiger partial charge in [-0.1, -0.05) is 18.2 Å². The van der Waals surface area contributed by atoms with E-state index in [0.717, 1.165) is 0 Å². The predicted octanol–water partition coefficient (Wildman–Crippen LogP) is 2.49. The Morgan fingerprint density at radius 1 is 1.17 bits per heavy atom. The average molecular weight is 326 g/mol. The number of fused-ring (bicyclic) bond motifs is 1. The molecule has 2 aromatic carbocycles. The number of aromatic nitrogens is 1. The van der Waals surface area contributed by atoms with E-state index in [1.165, 1.54) is 22.8 Å². The number of nitrogens with one attached hydrogen (secondary N) is 1. The summed E-state index contributed by atoms with van der Waals surface area (Å²) in [5, 5.41) is 11.6. The summed E-state index contributed by atoms with van der Waals surface area (Å²) in [6.07, 6.45) is 0. The first-order valence-electron chi connectivity index (χ1n) is 7.21. The van der Waals surface area contributed by atoms with Crippen LogP contribution >= 0.6 is 0 Å². The van der Waals surface area contributed by atoms with Crippen molar-refractivity contribution >= 4 is 28.7 Å². The summed E-state index contributed by atoms with van der Waals surface area (Å²) >= 11 is 0. The highest BCUT2D eigenvalue weighted by Crippen LogP contribution is 2.18. The third-order valence-corrected chi connectivity index (χ3v) is 3.66. The maximum atomic E-state index is 12.4. The Labute approximate surface area is 136 Å². The van der Waals surface area contributed by atoms with Gasteiger partial charge >= 0.3 is 11.7 Å². The smallest absolute Gasteiger partial charge is 0.420 e. The van der Waals surface area contributed by atoms with Gasteiger partial charge in [-0.3, -0.25) is 9.36 Å². The number of nitrogens with zero attached hydrogens (tertiary/aromatic N) is 1. The molecule has 0 saturated heterocycles. The summed E-state index contributed by atoms with van der Waals surface area (Å²) in [4.78, 5) is 35.4. The summed E-state index contributed by atoms with van der Waals surface area (Å²) in [7, 11) is 0. The molecular formula is C17H14N2O5. The number of amides is 1. The first-order valence-corrected chi connectivity index (χ1v) is 7.21. The zero-order chi connectivity index (χ0) is 17.3. The second-order valence-electron chi connectivity index (χ2n) is 5.26. The lowest BCUT2D eigenvalue weighted by Crippen LogP contribution is -2.29. The van der Waals surface area contributed by atoms with Crippen molar-refractivity contribution < 1.29 is 19.1 Å². The Hall–Kier alpha value is -3.35. The van der Waals surface area contributed by atoms with Crippen molar-refractivity contribution in [1.82, 2.24) is 4.57 Å². The fourth-order valence-corrected chi connectivity index (χ4v) is 2.44. The molecule has 0 radical (unpaired) electrons. The van der Waals surface area contributed by atoms with Crippen LogP contribution in [-0.4, -0.2) is 21.6 Å². The molecule has 7 nitrogen and oxygen atoms in total. The van der Waals surface area contributed by atoms with E-state index in [-0.39, 0.29) is 5.56 Å². The summed E-state index contributed by atoms with van der Waals surface area (Å²) < 4.78 is 6.38. The lowest BCUT2D eigenvalue weighted by Gasteiger charge is -2.13. The van der Waals surface area contributed by atoms with Crippen LogP contribution in [0.3, 0.4) is 0 Å². The van der Waals surface area contributed by atoms with Crippen LogP contribution in [0.25, 0.3) is 11.1 Å².